The van der Waals surface area contributed by atoms with Gasteiger partial charge in [-0.25, -0.2) is 0 Å². The van der Waals surface area contributed by atoms with Crippen LogP contribution in [0.3, 0.4) is 0 Å². The van der Waals surface area contributed by atoms with E-state index in [1.54, 1.807) is 6.92 Å². The highest BCUT2D eigenvalue weighted by molar-refractivity contribution is 6.42. The second kappa shape index (κ2) is 6.67. The molecule has 0 aliphatic carbocycles. The maximum atomic E-state index is 11.8. The van der Waals surface area contributed by atoms with Crippen molar-refractivity contribution in [1.29, 1.82) is 0 Å². The molecule has 1 atom stereocenters. The van der Waals surface area contributed by atoms with E-state index in [0.29, 0.717) is 0 Å². The number of Topliss-reactive ketones (excluding diaryl/α,β-unsaturated/α-hetero) is 1. The summed E-state index contributed by atoms with van der Waals surface area (Å²) in [7, 11) is 0. The van der Waals surface area contributed by atoms with E-state index < -0.39 is 28.3 Å². The Morgan fingerprint density at radius 3 is 2.35 bits per heavy atom. The highest BCUT2D eigenvalue weighted by atomic mass is 35.5. The highest BCUT2D eigenvalue weighted by Crippen LogP contribution is 2.35. The molecule has 0 amide bonds. The van der Waals surface area contributed by atoms with E-state index >= 15 is 0 Å². The lowest BCUT2D eigenvalue weighted by Gasteiger charge is -2.14. The molecule has 0 aromatic heterocycles. The molecular formula is C12H11Cl2NO5. The lowest BCUT2D eigenvalue weighted by molar-refractivity contribution is -0.385. The second-order valence-corrected chi connectivity index (χ2v) is 4.69. The molecule has 0 saturated heterocycles. The molecule has 1 rings (SSSR count). The van der Waals surface area contributed by atoms with Crippen LogP contribution in [0.2, 0.25) is 10.0 Å². The van der Waals surface area contributed by atoms with Gasteiger partial charge in [-0.3, -0.25) is 19.7 Å². The molecule has 0 spiro atoms. The minimum atomic E-state index is -1.40. The van der Waals surface area contributed by atoms with Crippen LogP contribution in [0.1, 0.15) is 25.3 Å². The van der Waals surface area contributed by atoms with Gasteiger partial charge in [-0.05, 0) is 19.9 Å². The van der Waals surface area contributed by atoms with Gasteiger partial charge >= 0.3 is 5.97 Å². The van der Waals surface area contributed by atoms with Crippen LogP contribution < -0.4 is 0 Å². The van der Waals surface area contributed by atoms with Crippen molar-refractivity contribution in [3.05, 3.63) is 37.9 Å². The number of nitro groups is 1. The summed E-state index contributed by atoms with van der Waals surface area (Å²) in [6.07, 6.45) is 0. The van der Waals surface area contributed by atoms with Crippen molar-refractivity contribution in [2.45, 2.75) is 19.8 Å². The van der Waals surface area contributed by atoms with E-state index in [2.05, 4.69) is 0 Å². The first-order valence-electron chi connectivity index (χ1n) is 5.60. The Balaban J connectivity index is 3.47. The maximum absolute atomic E-state index is 11.8. The summed E-state index contributed by atoms with van der Waals surface area (Å²) < 4.78 is 4.77. The molecule has 8 heteroatoms. The average Bonchev–Trinajstić information content (AvgIpc) is 2.33. The Bertz CT molecular complexity index is 573. The average molecular weight is 320 g/mol. The van der Waals surface area contributed by atoms with Gasteiger partial charge in [0.05, 0.1) is 27.1 Å². The van der Waals surface area contributed by atoms with Crippen LogP contribution in [0.25, 0.3) is 0 Å². The molecule has 6 nitrogen and oxygen atoms in total. The quantitative estimate of drug-likeness (QED) is 0.360. The molecule has 0 fully saturated rings. The Hall–Kier alpha value is -1.66. The molecular weight excluding hydrogens is 309 g/mol. The van der Waals surface area contributed by atoms with Gasteiger partial charge in [0.15, 0.2) is 0 Å². The number of carbonyl (C=O) groups excluding carboxylic acids is 2. The summed E-state index contributed by atoms with van der Waals surface area (Å²) in [4.78, 5) is 33.8. The van der Waals surface area contributed by atoms with Gasteiger partial charge in [0.2, 0.25) is 0 Å². The molecule has 0 radical (unpaired) electrons. The van der Waals surface area contributed by atoms with Gasteiger partial charge in [0.1, 0.15) is 11.7 Å². The summed E-state index contributed by atoms with van der Waals surface area (Å²) in [5, 5.41) is 11.0. The number of ketones is 1. The van der Waals surface area contributed by atoms with Crippen molar-refractivity contribution in [1.82, 2.24) is 0 Å². The third kappa shape index (κ3) is 3.46. The summed E-state index contributed by atoms with van der Waals surface area (Å²) in [5.41, 5.74) is -0.581. The number of esters is 1. The van der Waals surface area contributed by atoms with E-state index in [4.69, 9.17) is 27.9 Å². The minimum absolute atomic E-state index is 0.0165. The first-order chi connectivity index (χ1) is 9.29. The lowest BCUT2D eigenvalue weighted by atomic mass is 9.94. The van der Waals surface area contributed by atoms with Crippen LogP contribution in [0.15, 0.2) is 12.1 Å². The van der Waals surface area contributed by atoms with E-state index in [-0.39, 0.29) is 22.2 Å². The molecule has 0 N–H and O–H groups in total. The first kappa shape index (κ1) is 16.4. The number of benzene rings is 1. The fourth-order valence-electron chi connectivity index (χ4n) is 1.68. The van der Waals surface area contributed by atoms with Crippen molar-refractivity contribution in [3.63, 3.8) is 0 Å². The molecule has 1 aromatic rings. The van der Waals surface area contributed by atoms with E-state index in [0.717, 1.165) is 19.1 Å². The van der Waals surface area contributed by atoms with Gasteiger partial charge in [0.25, 0.3) is 5.69 Å². The molecule has 1 aromatic carbocycles. The van der Waals surface area contributed by atoms with Crippen molar-refractivity contribution in [3.8, 4) is 0 Å². The molecule has 0 bridgehead atoms. The van der Waals surface area contributed by atoms with Crippen molar-refractivity contribution >= 4 is 40.6 Å². The second-order valence-electron chi connectivity index (χ2n) is 3.88. The molecule has 0 saturated carbocycles. The van der Waals surface area contributed by atoms with Crippen LogP contribution in [0, 0.1) is 10.1 Å². The van der Waals surface area contributed by atoms with E-state index in [9.17, 15) is 19.7 Å². The smallest absolute Gasteiger partial charge is 0.321 e. The van der Waals surface area contributed by atoms with Crippen molar-refractivity contribution in [2.75, 3.05) is 6.61 Å². The summed E-state index contributed by atoms with van der Waals surface area (Å²) in [6.45, 7) is 2.77. The molecule has 20 heavy (non-hydrogen) atoms. The topological polar surface area (TPSA) is 86.5 Å². The molecule has 0 aliphatic rings. The molecule has 108 valence electrons. The largest absolute Gasteiger partial charge is 0.465 e. The number of nitro benzene ring substituents is 1. The third-order valence-electron chi connectivity index (χ3n) is 2.51. The Morgan fingerprint density at radius 1 is 1.35 bits per heavy atom. The normalized spacial score (nSPS) is 11.8. The van der Waals surface area contributed by atoms with Gasteiger partial charge in [0, 0.05) is 6.07 Å². The zero-order chi connectivity index (χ0) is 15.4. The number of halogens is 2. The number of carbonyl (C=O) groups is 2. The van der Waals surface area contributed by atoms with Crippen molar-refractivity contribution in [2.24, 2.45) is 0 Å². The maximum Gasteiger partial charge on any atom is 0.321 e. The van der Waals surface area contributed by atoms with Crippen molar-refractivity contribution < 1.29 is 19.2 Å². The van der Waals surface area contributed by atoms with E-state index in [1.807, 2.05) is 0 Å². The molecule has 1 unspecified atom stereocenters. The number of hydrogen-bond donors (Lipinski definition) is 0. The summed E-state index contributed by atoms with van der Waals surface area (Å²) >= 11 is 11.5. The van der Waals surface area contributed by atoms with Crippen LogP contribution in [-0.4, -0.2) is 23.3 Å². The fraction of sp³-hybridized carbons (Fsp3) is 0.333. The van der Waals surface area contributed by atoms with Gasteiger partial charge in [-0.15, -0.1) is 0 Å². The van der Waals surface area contributed by atoms with Crippen LogP contribution in [0.4, 0.5) is 5.69 Å². The van der Waals surface area contributed by atoms with Crippen LogP contribution >= 0.6 is 23.2 Å². The Morgan fingerprint density at radius 2 is 1.90 bits per heavy atom. The molecule has 0 heterocycles. The number of rotatable bonds is 5. The zero-order valence-corrected chi connectivity index (χ0v) is 12.2. The monoisotopic (exact) mass is 319 g/mol. The van der Waals surface area contributed by atoms with Gasteiger partial charge in [-0.2, -0.15) is 0 Å². The van der Waals surface area contributed by atoms with Crippen LogP contribution in [-0.2, 0) is 14.3 Å². The minimum Gasteiger partial charge on any atom is -0.465 e. The highest BCUT2D eigenvalue weighted by Gasteiger charge is 2.33. The zero-order valence-electron chi connectivity index (χ0n) is 10.7. The SMILES string of the molecule is CCOC(=O)C(C(C)=O)c1cc(Cl)c(Cl)cc1[N+](=O)[O-]. The summed E-state index contributed by atoms with van der Waals surface area (Å²) in [5.74, 6) is -2.84. The third-order valence-corrected chi connectivity index (χ3v) is 3.23. The predicted molar refractivity (Wildman–Crippen MR) is 73.2 cm³/mol. The van der Waals surface area contributed by atoms with Gasteiger partial charge in [-0.1, -0.05) is 23.2 Å². The first-order valence-corrected chi connectivity index (χ1v) is 6.35. The van der Waals surface area contributed by atoms with E-state index in [1.165, 1.54) is 0 Å². The number of hydrogen-bond acceptors (Lipinski definition) is 5. The number of nitrogens with zero attached hydrogens (tertiary/aromatic N) is 1. The summed E-state index contributed by atoms with van der Waals surface area (Å²) in [6, 6.07) is 2.15. The molecule has 0 aliphatic heterocycles. The standard InChI is InChI=1S/C12H11Cl2NO5/c1-3-20-12(17)11(6(2)16)7-4-8(13)9(14)5-10(7)15(18)19/h4-5,11H,3H2,1-2H3. The number of ether oxygens (including phenoxy) is 1. The predicted octanol–water partition coefficient (Wildman–Crippen LogP) is 3.14. The van der Waals surface area contributed by atoms with Crippen LogP contribution in [0.5, 0.6) is 0 Å². The fourth-order valence-corrected chi connectivity index (χ4v) is 2.01. The Labute approximate surface area is 124 Å². The lowest BCUT2D eigenvalue weighted by Crippen LogP contribution is -2.23. The Kier molecular flexibility index (Phi) is 5.47. The van der Waals surface area contributed by atoms with Gasteiger partial charge < -0.3 is 4.74 Å².